The summed E-state index contributed by atoms with van der Waals surface area (Å²) in [5.41, 5.74) is 9.28. The van der Waals surface area contributed by atoms with Gasteiger partial charge in [-0.15, -0.1) is 4.33 Å². The van der Waals surface area contributed by atoms with Crippen molar-refractivity contribution in [3.05, 3.63) is 107 Å². The molecule has 1 aliphatic carbocycles. The van der Waals surface area contributed by atoms with Gasteiger partial charge in [-0.3, -0.25) is 9.08 Å². The summed E-state index contributed by atoms with van der Waals surface area (Å²) in [7, 11) is 3.56. The molecule has 0 saturated carbocycles. The molecule has 0 radical (unpaired) electrons. The molecule has 286 valence electrons. The van der Waals surface area contributed by atoms with Gasteiger partial charge in [0, 0.05) is 68.2 Å². The first-order valence-corrected chi connectivity index (χ1v) is 19.1. The third-order valence-electron chi connectivity index (χ3n) is 10.2. The molecule has 2 aromatic carbocycles. The Labute approximate surface area is 319 Å². The van der Waals surface area contributed by atoms with Crippen LogP contribution in [0.5, 0.6) is 0 Å². The Bertz CT molecular complexity index is 1800. The number of allylic oxidation sites excluding steroid dienone is 7. The fraction of sp³-hybridized carbons (Fsp3) is 0.476. The van der Waals surface area contributed by atoms with Gasteiger partial charge in [0.1, 0.15) is 5.60 Å². The lowest BCUT2D eigenvalue weighted by atomic mass is 9.81. The average Bonchev–Trinajstić information content (AvgIpc) is 3.68. The number of benzene rings is 2. The Morgan fingerprint density at radius 1 is 0.962 bits per heavy atom. The summed E-state index contributed by atoms with van der Waals surface area (Å²) in [6.45, 7) is 17.4. The van der Waals surface area contributed by atoms with E-state index in [1.165, 1.54) is 22.5 Å². The highest BCUT2D eigenvalue weighted by Gasteiger charge is 2.44. The highest BCUT2D eigenvalue weighted by molar-refractivity contribution is 7.89. The summed E-state index contributed by atoms with van der Waals surface area (Å²) < 4.78 is 23.4. The van der Waals surface area contributed by atoms with Gasteiger partial charge >= 0.3 is 6.09 Å². The average molecular weight is 747 g/mol. The van der Waals surface area contributed by atoms with E-state index in [9.17, 15) is 4.79 Å². The molecule has 53 heavy (non-hydrogen) atoms. The number of hydrogen-bond donors (Lipinski definition) is 1. The second-order valence-corrected chi connectivity index (χ2v) is 16.2. The minimum atomic E-state index is -0.635. The van der Waals surface area contributed by atoms with E-state index in [0.717, 1.165) is 54.0 Å². The molecule has 0 spiro atoms. The monoisotopic (exact) mass is 746 g/mol. The summed E-state index contributed by atoms with van der Waals surface area (Å²) in [6, 6.07) is 17.1. The maximum Gasteiger partial charge on any atom is 0.414 e. The molecule has 2 aromatic rings. The van der Waals surface area contributed by atoms with E-state index in [1.54, 1.807) is 12.0 Å². The summed E-state index contributed by atoms with van der Waals surface area (Å²) >= 11 is 0.593. The molecule has 0 saturated heterocycles. The van der Waals surface area contributed by atoms with Crippen LogP contribution in [0.2, 0.25) is 0 Å². The second kappa shape index (κ2) is 17.2. The van der Waals surface area contributed by atoms with Crippen molar-refractivity contribution in [2.45, 2.75) is 90.6 Å². The molecule has 0 bridgehead atoms. The SMILES string of the molecule is COCCCN1/C(=C/C=C2\CCC(/C=C/C3=[N+](CCCOSOOO)c4ccccc4C3(C)C)=C2N(C)C(=O)OC(C)(C)C)C(C)(C)c2ccccc21. The van der Waals surface area contributed by atoms with Gasteiger partial charge in [-0.2, -0.15) is 4.58 Å². The van der Waals surface area contributed by atoms with Crippen LogP contribution in [0.25, 0.3) is 0 Å². The van der Waals surface area contributed by atoms with Crippen LogP contribution in [0.4, 0.5) is 16.2 Å². The molecular weight excluding hydrogens is 691 g/mol. The normalized spacial score (nSPS) is 19.2. The van der Waals surface area contributed by atoms with E-state index >= 15 is 0 Å². The first kappa shape index (κ1) is 40.5. The minimum absolute atomic E-state index is 0.199. The van der Waals surface area contributed by atoms with Gasteiger partial charge in [0.15, 0.2) is 24.6 Å². The Balaban J connectivity index is 1.55. The maximum atomic E-state index is 13.6. The van der Waals surface area contributed by atoms with Gasteiger partial charge in [0.25, 0.3) is 0 Å². The van der Waals surface area contributed by atoms with Gasteiger partial charge in [-0.25, -0.2) is 10.1 Å². The molecule has 1 N–H and O–H groups in total. The minimum Gasteiger partial charge on any atom is -0.443 e. The predicted octanol–water partition coefficient (Wildman–Crippen LogP) is 9.57. The van der Waals surface area contributed by atoms with E-state index in [-0.39, 0.29) is 16.9 Å². The fourth-order valence-corrected chi connectivity index (χ4v) is 7.98. The van der Waals surface area contributed by atoms with Gasteiger partial charge < -0.3 is 14.4 Å². The topological polar surface area (TPSA) is 92.9 Å². The van der Waals surface area contributed by atoms with Crippen LogP contribution < -0.4 is 4.90 Å². The molecule has 0 aromatic heterocycles. The van der Waals surface area contributed by atoms with Gasteiger partial charge in [-0.05, 0) is 82.7 Å². The number of amides is 1. The number of carbonyl (C=O) groups excluding carboxylic acids is 1. The summed E-state index contributed by atoms with van der Waals surface area (Å²) in [4.78, 5) is 17.7. The largest absolute Gasteiger partial charge is 0.443 e. The lowest BCUT2D eigenvalue weighted by Crippen LogP contribution is -2.34. The van der Waals surface area contributed by atoms with E-state index in [4.69, 9.17) is 18.9 Å². The van der Waals surface area contributed by atoms with Crippen molar-refractivity contribution in [2.75, 3.05) is 45.4 Å². The van der Waals surface area contributed by atoms with Crippen LogP contribution in [-0.4, -0.2) is 72.6 Å². The fourth-order valence-electron chi connectivity index (χ4n) is 7.73. The molecule has 2 heterocycles. The number of likely N-dealkylation sites (N-methyl/N-ethyl adjacent to an activating group) is 1. The standard InChI is InChI=1S/C42H55N3O7S/c1-40(2,3)50-39(46)43(8)38-30(22-24-36-41(4,5)32-16-10-12-18-34(32)44(36)26-14-28-48-9)20-21-31(38)23-25-37-42(6,7)33-17-11-13-19-35(33)45(37)27-15-29-49-53-52-51-47/h10-13,16-19,22-25H,14-15,20-21,26-29H2,1-9H3/p+1. The van der Waals surface area contributed by atoms with Crippen LogP contribution in [0.1, 0.15) is 85.3 Å². The van der Waals surface area contributed by atoms with E-state index in [0.29, 0.717) is 38.5 Å². The van der Waals surface area contributed by atoms with Gasteiger partial charge in [0.05, 0.1) is 17.7 Å². The third-order valence-corrected chi connectivity index (χ3v) is 10.6. The number of fused-ring (bicyclic) bond motifs is 2. The van der Waals surface area contributed by atoms with Crippen molar-refractivity contribution in [2.24, 2.45) is 0 Å². The molecule has 0 unspecified atom stereocenters. The second-order valence-electron chi connectivity index (χ2n) is 15.7. The van der Waals surface area contributed by atoms with E-state index in [1.807, 2.05) is 27.8 Å². The van der Waals surface area contributed by atoms with Crippen LogP contribution >= 0.6 is 12.3 Å². The first-order valence-electron chi connectivity index (χ1n) is 18.4. The summed E-state index contributed by atoms with van der Waals surface area (Å²) in [6.07, 6.45) is 11.7. The Morgan fingerprint density at radius 2 is 1.68 bits per heavy atom. The van der Waals surface area contributed by atoms with Crippen LogP contribution in [0.15, 0.2) is 95.4 Å². The number of ether oxygens (including phenoxy) is 2. The van der Waals surface area contributed by atoms with Gasteiger partial charge in [0.2, 0.25) is 5.69 Å². The highest BCUT2D eigenvalue weighted by atomic mass is 32.2. The molecule has 0 atom stereocenters. The van der Waals surface area contributed by atoms with Crippen LogP contribution in [0, 0.1) is 0 Å². The number of rotatable bonds is 15. The Hall–Kier alpha value is -3.71. The molecule has 10 nitrogen and oxygen atoms in total. The molecule has 1 amide bonds. The molecule has 2 aliphatic heterocycles. The zero-order chi connectivity index (χ0) is 38.4. The number of nitrogens with zero attached hydrogens (tertiary/aromatic N) is 3. The highest BCUT2D eigenvalue weighted by Crippen LogP contribution is 2.48. The molecule has 5 rings (SSSR count). The van der Waals surface area contributed by atoms with Crippen molar-refractivity contribution < 1.29 is 37.7 Å². The molecule has 0 fully saturated rings. The first-order chi connectivity index (χ1) is 25.2. The maximum absolute atomic E-state index is 13.6. The van der Waals surface area contributed by atoms with E-state index < -0.39 is 5.60 Å². The van der Waals surface area contributed by atoms with E-state index in [2.05, 4.69) is 119 Å². The number of para-hydroxylation sites is 2. The summed E-state index contributed by atoms with van der Waals surface area (Å²) in [5, 5.41) is 12.0. The Morgan fingerprint density at radius 3 is 2.40 bits per heavy atom. The Kier molecular flexibility index (Phi) is 13.1. The number of anilines is 1. The molecule has 3 aliphatic rings. The van der Waals surface area contributed by atoms with Crippen molar-refractivity contribution in [1.82, 2.24) is 4.90 Å². The lowest BCUT2D eigenvalue weighted by Gasteiger charge is -2.28. The predicted molar refractivity (Wildman–Crippen MR) is 211 cm³/mol. The zero-order valence-electron chi connectivity index (χ0n) is 32.7. The van der Waals surface area contributed by atoms with Gasteiger partial charge in [-0.1, -0.05) is 67.4 Å². The van der Waals surface area contributed by atoms with Crippen molar-refractivity contribution in [3.8, 4) is 0 Å². The van der Waals surface area contributed by atoms with Crippen molar-refractivity contribution in [3.63, 3.8) is 0 Å². The van der Waals surface area contributed by atoms with Crippen molar-refractivity contribution >= 4 is 35.5 Å². The number of carbonyl (C=O) groups is 1. The molecule has 11 heteroatoms. The van der Waals surface area contributed by atoms with Crippen LogP contribution in [-0.2, 0) is 33.9 Å². The smallest absolute Gasteiger partial charge is 0.414 e. The zero-order valence-corrected chi connectivity index (χ0v) is 33.5. The third kappa shape index (κ3) is 8.99. The van der Waals surface area contributed by atoms with Crippen LogP contribution in [0.3, 0.4) is 0 Å². The number of methoxy groups -OCH3 is 1. The quantitative estimate of drug-likeness (QED) is 0.0629. The molecular formula is C42H56N3O7S+. The lowest BCUT2D eigenvalue weighted by molar-refractivity contribution is -0.439. The number of hydrogen-bond acceptors (Lipinski definition) is 9. The summed E-state index contributed by atoms with van der Waals surface area (Å²) in [5.74, 6) is 0. The van der Waals surface area contributed by atoms with Crippen molar-refractivity contribution in [1.29, 1.82) is 0 Å².